The minimum atomic E-state index is -0.120. The van der Waals surface area contributed by atoms with E-state index in [1.807, 2.05) is 85.8 Å². The first-order valence-electron chi connectivity index (χ1n) is 10.6. The van der Waals surface area contributed by atoms with Crippen LogP contribution < -0.4 is 5.32 Å². The summed E-state index contributed by atoms with van der Waals surface area (Å²) in [6.45, 7) is 1.90. The van der Waals surface area contributed by atoms with Crippen LogP contribution in [-0.2, 0) is 4.79 Å². The molecular formula is C27H22N4OS. The molecule has 4 rings (SSSR count). The summed E-state index contributed by atoms with van der Waals surface area (Å²) in [5.74, 6) is 0.942. The van der Waals surface area contributed by atoms with E-state index in [0.29, 0.717) is 22.2 Å². The van der Waals surface area contributed by atoms with Crippen molar-refractivity contribution in [2.75, 3.05) is 11.1 Å². The average Bonchev–Trinajstić information content (AvgIpc) is 2.86. The van der Waals surface area contributed by atoms with E-state index in [1.165, 1.54) is 11.8 Å². The van der Waals surface area contributed by atoms with Crippen molar-refractivity contribution in [2.45, 2.75) is 18.4 Å². The number of hydrogen-bond acceptors (Lipinski definition) is 5. The third-order valence-corrected chi connectivity index (χ3v) is 6.06. The highest BCUT2D eigenvalue weighted by Crippen LogP contribution is 2.34. The molecule has 0 aliphatic heterocycles. The lowest BCUT2D eigenvalue weighted by Crippen LogP contribution is -2.14. The van der Waals surface area contributed by atoms with Crippen LogP contribution in [0.15, 0.2) is 90.1 Å². The fraction of sp³-hybridized carbons (Fsp3) is 0.111. The summed E-state index contributed by atoms with van der Waals surface area (Å²) in [6.07, 6.45) is 1.93. The summed E-state index contributed by atoms with van der Waals surface area (Å²) in [6, 6.07) is 27.8. The Morgan fingerprint density at radius 3 is 2.36 bits per heavy atom. The second-order valence-electron chi connectivity index (χ2n) is 7.39. The van der Waals surface area contributed by atoms with Crippen molar-refractivity contribution >= 4 is 23.5 Å². The van der Waals surface area contributed by atoms with Gasteiger partial charge in [0.2, 0.25) is 5.91 Å². The minimum absolute atomic E-state index is 0.120. The van der Waals surface area contributed by atoms with Crippen LogP contribution in [0.5, 0.6) is 0 Å². The number of carbonyl (C=O) groups excluding carboxylic acids is 1. The zero-order valence-electron chi connectivity index (χ0n) is 18.2. The van der Waals surface area contributed by atoms with E-state index in [2.05, 4.69) is 16.4 Å². The Balaban J connectivity index is 1.59. The quantitative estimate of drug-likeness (QED) is 0.344. The normalized spacial score (nSPS) is 10.4. The van der Waals surface area contributed by atoms with Crippen molar-refractivity contribution < 1.29 is 4.79 Å². The SMILES string of the molecule is Cc1cccnc1NC(=O)CCSc1nc(-c2ccccc2)cc(-c2ccccc2)c1C#N. The molecule has 0 aliphatic carbocycles. The van der Waals surface area contributed by atoms with Crippen LogP contribution in [0.4, 0.5) is 5.82 Å². The van der Waals surface area contributed by atoms with Crippen LogP contribution >= 0.6 is 11.8 Å². The number of aromatic nitrogens is 2. The summed E-state index contributed by atoms with van der Waals surface area (Å²) in [7, 11) is 0. The van der Waals surface area contributed by atoms with E-state index in [4.69, 9.17) is 4.98 Å². The second-order valence-corrected chi connectivity index (χ2v) is 8.48. The highest BCUT2D eigenvalue weighted by atomic mass is 32.2. The second kappa shape index (κ2) is 10.6. The van der Waals surface area contributed by atoms with Crippen LogP contribution in [0.3, 0.4) is 0 Å². The summed E-state index contributed by atoms with van der Waals surface area (Å²) in [4.78, 5) is 21.4. The van der Waals surface area contributed by atoms with Gasteiger partial charge in [0.15, 0.2) is 0 Å². The number of thioether (sulfide) groups is 1. The Labute approximate surface area is 197 Å². The average molecular weight is 451 g/mol. The third kappa shape index (κ3) is 5.46. The molecule has 0 spiro atoms. The predicted molar refractivity (Wildman–Crippen MR) is 133 cm³/mol. The van der Waals surface area contributed by atoms with Crippen molar-refractivity contribution in [1.82, 2.24) is 9.97 Å². The molecule has 0 atom stereocenters. The molecule has 4 aromatic rings. The number of amides is 1. The van der Waals surface area contributed by atoms with Crippen molar-refractivity contribution in [3.8, 4) is 28.5 Å². The fourth-order valence-electron chi connectivity index (χ4n) is 3.39. The number of carbonyl (C=O) groups is 1. The number of benzene rings is 2. The van der Waals surface area contributed by atoms with Crippen molar-refractivity contribution in [1.29, 1.82) is 5.26 Å². The van der Waals surface area contributed by atoms with E-state index >= 15 is 0 Å². The molecule has 1 amide bonds. The zero-order valence-corrected chi connectivity index (χ0v) is 19.0. The van der Waals surface area contributed by atoms with E-state index in [9.17, 15) is 10.1 Å². The number of nitrogens with one attached hydrogen (secondary N) is 1. The smallest absolute Gasteiger partial charge is 0.226 e. The van der Waals surface area contributed by atoms with Gasteiger partial charge in [-0.05, 0) is 30.2 Å². The molecule has 2 aromatic heterocycles. The fourth-order valence-corrected chi connectivity index (χ4v) is 4.33. The molecule has 0 aliphatic rings. The van der Waals surface area contributed by atoms with Crippen LogP contribution in [0.25, 0.3) is 22.4 Å². The number of rotatable bonds is 7. The van der Waals surface area contributed by atoms with Crippen LogP contribution in [0.2, 0.25) is 0 Å². The molecule has 2 heterocycles. The Bertz CT molecular complexity index is 1300. The van der Waals surface area contributed by atoms with Gasteiger partial charge in [-0.3, -0.25) is 4.79 Å². The van der Waals surface area contributed by atoms with Gasteiger partial charge in [0.1, 0.15) is 16.9 Å². The van der Waals surface area contributed by atoms with E-state index in [1.54, 1.807) is 6.20 Å². The standard InChI is InChI=1S/C27H22N4OS/c1-19-9-8-15-29-26(19)31-25(32)14-16-33-27-23(18-28)22(20-10-4-2-5-11-20)17-24(30-27)21-12-6-3-7-13-21/h2-13,15,17H,14,16H2,1H3,(H,29,31,32). The molecule has 1 N–H and O–H groups in total. The summed E-state index contributed by atoms with van der Waals surface area (Å²) >= 11 is 1.42. The topological polar surface area (TPSA) is 78.7 Å². The molecule has 0 radical (unpaired) electrons. The molecule has 6 heteroatoms. The van der Waals surface area contributed by atoms with Gasteiger partial charge in [-0.25, -0.2) is 9.97 Å². The van der Waals surface area contributed by atoms with Crippen LogP contribution in [0, 0.1) is 18.3 Å². The maximum Gasteiger partial charge on any atom is 0.226 e. The summed E-state index contributed by atoms with van der Waals surface area (Å²) < 4.78 is 0. The largest absolute Gasteiger partial charge is 0.310 e. The molecule has 162 valence electrons. The molecule has 2 aromatic carbocycles. The van der Waals surface area contributed by atoms with Crippen molar-refractivity contribution in [3.63, 3.8) is 0 Å². The lowest BCUT2D eigenvalue weighted by molar-refractivity contribution is -0.115. The first-order chi connectivity index (χ1) is 16.2. The first-order valence-corrected chi connectivity index (χ1v) is 11.5. The van der Waals surface area contributed by atoms with E-state index in [-0.39, 0.29) is 12.3 Å². The predicted octanol–water partition coefficient (Wildman–Crippen LogP) is 6.11. The van der Waals surface area contributed by atoms with Gasteiger partial charge in [-0.2, -0.15) is 5.26 Å². The van der Waals surface area contributed by atoms with Gasteiger partial charge in [0.25, 0.3) is 0 Å². The molecule has 0 fully saturated rings. The van der Waals surface area contributed by atoms with E-state index in [0.717, 1.165) is 27.9 Å². The van der Waals surface area contributed by atoms with Gasteiger partial charge >= 0.3 is 0 Å². The summed E-state index contributed by atoms with van der Waals surface area (Å²) in [5.41, 5.74) is 5.00. The third-order valence-electron chi connectivity index (χ3n) is 5.09. The molecule has 0 saturated carbocycles. The Morgan fingerprint density at radius 2 is 1.70 bits per heavy atom. The number of aryl methyl sites for hydroxylation is 1. The maximum absolute atomic E-state index is 12.4. The number of nitriles is 1. The maximum atomic E-state index is 12.4. The lowest BCUT2D eigenvalue weighted by atomic mass is 9.99. The van der Waals surface area contributed by atoms with E-state index < -0.39 is 0 Å². The molecule has 33 heavy (non-hydrogen) atoms. The number of pyridine rings is 2. The van der Waals surface area contributed by atoms with Gasteiger partial charge in [0, 0.05) is 29.5 Å². The van der Waals surface area contributed by atoms with Gasteiger partial charge < -0.3 is 5.32 Å². The molecule has 0 saturated heterocycles. The Hall–Kier alpha value is -3.95. The van der Waals surface area contributed by atoms with Crippen LogP contribution in [-0.4, -0.2) is 21.6 Å². The molecule has 0 unspecified atom stereocenters. The van der Waals surface area contributed by atoms with Crippen LogP contribution in [0.1, 0.15) is 17.5 Å². The molecular weight excluding hydrogens is 428 g/mol. The lowest BCUT2D eigenvalue weighted by Gasteiger charge is -2.13. The molecule has 5 nitrogen and oxygen atoms in total. The van der Waals surface area contributed by atoms with Crippen molar-refractivity contribution in [2.24, 2.45) is 0 Å². The summed E-state index contributed by atoms with van der Waals surface area (Å²) in [5, 5.41) is 13.4. The van der Waals surface area contributed by atoms with Gasteiger partial charge in [-0.1, -0.05) is 66.7 Å². The first kappa shape index (κ1) is 22.3. The Morgan fingerprint density at radius 1 is 1.00 bits per heavy atom. The highest BCUT2D eigenvalue weighted by Gasteiger charge is 2.16. The van der Waals surface area contributed by atoms with Gasteiger partial charge in [0.05, 0.1) is 11.3 Å². The van der Waals surface area contributed by atoms with Crippen molar-refractivity contribution in [3.05, 3.63) is 96.2 Å². The number of hydrogen-bond donors (Lipinski definition) is 1. The zero-order chi connectivity index (χ0) is 23.0. The number of nitrogens with zero attached hydrogens (tertiary/aromatic N) is 3. The highest BCUT2D eigenvalue weighted by molar-refractivity contribution is 7.99. The molecule has 0 bridgehead atoms. The minimum Gasteiger partial charge on any atom is -0.310 e. The van der Waals surface area contributed by atoms with Gasteiger partial charge in [-0.15, -0.1) is 11.8 Å². The monoisotopic (exact) mass is 450 g/mol. The Kier molecular flexibility index (Phi) is 7.13. The number of anilines is 1.